The molecule has 0 aliphatic carbocycles. The van der Waals surface area contributed by atoms with E-state index in [4.69, 9.17) is 11.6 Å². The van der Waals surface area contributed by atoms with Crippen molar-refractivity contribution in [2.45, 2.75) is 42.7 Å². The number of fused-ring (bicyclic) bond motifs is 1. The lowest BCUT2D eigenvalue weighted by Crippen LogP contribution is -2.53. The molecule has 1 atom stereocenters. The maximum Gasteiger partial charge on any atom is 0.322 e. The molecule has 0 saturated carbocycles. The molecule has 2 aliphatic rings. The Balaban J connectivity index is 1.24. The Labute approximate surface area is 236 Å². The highest BCUT2D eigenvalue weighted by Crippen LogP contribution is 2.31. The molecule has 1 N–H and O–H groups in total. The topological polar surface area (TPSA) is 73.0 Å². The largest absolute Gasteiger partial charge is 0.334 e. The fraction of sp³-hybridized carbons (Fsp3) is 0.367. The second-order valence-electron chi connectivity index (χ2n) is 10.4. The monoisotopic (exact) mass is 566 g/mol. The first-order valence-electron chi connectivity index (χ1n) is 13.5. The van der Waals surface area contributed by atoms with Crippen LogP contribution in [-0.4, -0.2) is 62.9 Å². The molecular formula is C30H35ClN4O3S. The Kier molecular flexibility index (Phi) is 8.57. The maximum atomic E-state index is 13.2. The lowest BCUT2D eigenvalue weighted by atomic mass is 9.94. The van der Waals surface area contributed by atoms with E-state index >= 15 is 0 Å². The molecule has 0 unspecified atom stereocenters. The second kappa shape index (κ2) is 12.1. The molecule has 9 heteroatoms. The zero-order chi connectivity index (χ0) is 27.4. The molecule has 3 aromatic rings. The lowest BCUT2D eigenvalue weighted by Gasteiger charge is -2.41. The van der Waals surface area contributed by atoms with Crippen LogP contribution in [0.5, 0.6) is 0 Å². The van der Waals surface area contributed by atoms with Crippen LogP contribution in [0, 0.1) is 0 Å². The summed E-state index contributed by atoms with van der Waals surface area (Å²) < 4.78 is 27.9. The first-order chi connectivity index (χ1) is 18.8. The number of para-hydroxylation sites is 1. The van der Waals surface area contributed by atoms with Crippen molar-refractivity contribution in [3.8, 4) is 0 Å². The van der Waals surface area contributed by atoms with Crippen molar-refractivity contribution in [2.75, 3.05) is 38.1 Å². The van der Waals surface area contributed by atoms with Gasteiger partial charge in [-0.25, -0.2) is 17.5 Å². The number of nitrogens with one attached hydrogen (secondary N) is 1. The molecule has 0 spiro atoms. The summed E-state index contributed by atoms with van der Waals surface area (Å²) in [5.41, 5.74) is 3.20. The molecule has 0 aromatic heterocycles. The number of piperidine rings is 1. The van der Waals surface area contributed by atoms with Crippen LogP contribution >= 0.6 is 11.6 Å². The predicted molar refractivity (Wildman–Crippen MR) is 156 cm³/mol. The van der Waals surface area contributed by atoms with E-state index in [0.29, 0.717) is 23.0 Å². The summed E-state index contributed by atoms with van der Waals surface area (Å²) in [4.78, 5) is 17.4. The fourth-order valence-electron chi connectivity index (χ4n) is 5.67. The van der Waals surface area contributed by atoms with Gasteiger partial charge in [0.15, 0.2) is 0 Å². The minimum Gasteiger partial charge on any atom is -0.334 e. The summed E-state index contributed by atoms with van der Waals surface area (Å²) in [6.07, 6.45) is 2.59. The van der Waals surface area contributed by atoms with Crippen molar-refractivity contribution in [1.29, 1.82) is 0 Å². The minimum absolute atomic E-state index is 0.00957. The van der Waals surface area contributed by atoms with Crippen LogP contribution in [0.15, 0.2) is 83.8 Å². The Hall–Kier alpha value is -2.91. The summed E-state index contributed by atoms with van der Waals surface area (Å²) >= 11 is 6.32. The van der Waals surface area contributed by atoms with E-state index in [9.17, 15) is 13.2 Å². The Morgan fingerprint density at radius 1 is 1.00 bits per heavy atom. The van der Waals surface area contributed by atoms with Gasteiger partial charge < -0.3 is 10.2 Å². The number of carbonyl (C=O) groups is 1. The van der Waals surface area contributed by atoms with E-state index in [1.165, 1.54) is 4.31 Å². The van der Waals surface area contributed by atoms with Gasteiger partial charge in [-0.3, -0.25) is 4.90 Å². The number of likely N-dealkylation sites (tertiary alicyclic amines) is 1. The number of benzene rings is 3. The van der Waals surface area contributed by atoms with Crippen LogP contribution in [0.1, 0.15) is 36.3 Å². The number of likely N-dealkylation sites (N-methyl/N-ethyl adjacent to an activating group) is 1. The Morgan fingerprint density at radius 2 is 1.72 bits per heavy atom. The highest BCUT2D eigenvalue weighted by molar-refractivity contribution is 7.89. The van der Waals surface area contributed by atoms with Crippen LogP contribution in [0.2, 0.25) is 5.02 Å². The van der Waals surface area contributed by atoms with E-state index < -0.39 is 10.0 Å². The molecule has 0 radical (unpaired) electrons. The van der Waals surface area contributed by atoms with E-state index in [0.717, 1.165) is 55.7 Å². The number of hydrogen-bond acceptors (Lipinski definition) is 4. The van der Waals surface area contributed by atoms with Gasteiger partial charge in [-0.2, -0.15) is 0 Å². The smallest absolute Gasteiger partial charge is 0.322 e. The summed E-state index contributed by atoms with van der Waals surface area (Å²) in [5.74, 6) is -0.00957. The SMILES string of the molecule is CN(C[C@@H](CCN1CCC(N2C(=O)NCc3ccccc32)CC1)c1cccc(Cl)c1)S(=O)(=O)c1ccccc1. The van der Waals surface area contributed by atoms with Crippen molar-refractivity contribution in [3.63, 3.8) is 0 Å². The average Bonchev–Trinajstić information content (AvgIpc) is 2.96. The van der Waals surface area contributed by atoms with Crippen molar-refractivity contribution in [2.24, 2.45) is 0 Å². The number of urea groups is 1. The van der Waals surface area contributed by atoms with Gasteiger partial charge in [0.05, 0.1) is 10.6 Å². The van der Waals surface area contributed by atoms with Gasteiger partial charge in [-0.15, -0.1) is 0 Å². The van der Waals surface area contributed by atoms with E-state index in [2.05, 4.69) is 16.3 Å². The van der Waals surface area contributed by atoms with Gasteiger partial charge in [0.25, 0.3) is 0 Å². The summed E-state index contributed by atoms with van der Waals surface area (Å²) in [5, 5.41) is 3.66. The van der Waals surface area contributed by atoms with E-state index in [1.807, 2.05) is 53.4 Å². The first kappa shape index (κ1) is 27.6. The van der Waals surface area contributed by atoms with Crippen molar-refractivity contribution >= 4 is 33.3 Å². The number of amides is 2. The molecule has 39 heavy (non-hydrogen) atoms. The molecule has 7 nitrogen and oxygen atoms in total. The number of halogens is 1. The molecule has 2 heterocycles. The molecule has 2 amide bonds. The normalized spacial score (nSPS) is 17.6. The molecule has 5 rings (SSSR count). The number of sulfonamides is 1. The molecular weight excluding hydrogens is 532 g/mol. The summed E-state index contributed by atoms with van der Waals surface area (Å²) in [7, 11) is -1.96. The highest BCUT2D eigenvalue weighted by Gasteiger charge is 2.33. The molecule has 3 aromatic carbocycles. The van der Waals surface area contributed by atoms with Crippen LogP contribution in [-0.2, 0) is 16.6 Å². The summed E-state index contributed by atoms with van der Waals surface area (Å²) in [6, 6.07) is 24.5. The van der Waals surface area contributed by atoms with Crippen molar-refractivity contribution < 1.29 is 13.2 Å². The quantitative estimate of drug-likeness (QED) is 0.380. The van der Waals surface area contributed by atoms with Crippen molar-refractivity contribution in [1.82, 2.24) is 14.5 Å². The third kappa shape index (κ3) is 6.30. The van der Waals surface area contributed by atoms with Gasteiger partial charge >= 0.3 is 6.03 Å². The van der Waals surface area contributed by atoms with Gasteiger partial charge in [0.2, 0.25) is 10.0 Å². The van der Waals surface area contributed by atoms with E-state index in [1.54, 1.807) is 31.3 Å². The molecule has 2 aliphatic heterocycles. The minimum atomic E-state index is -3.60. The number of rotatable bonds is 9. The highest BCUT2D eigenvalue weighted by atomic mass is 35.5. The van der Waals surface area contributed by atoms with Crippen molar-refractivity contribution in [3.05, 3.63) is 95.0 Å². The number of hydrogen-bond donors (Lipinski definition) is 1. The average molecular weight is 567 g/mol. The summed E-state index contributed by atoms with van der Waals surface area (Å²) in [6.45, 7) is 3.54. The van der Waals surface area contributed by atoms with Crippen LogP contribution in [0.3, 0.4) is 0 Å². The zero-order valence-corrected chi connectivity index (χ0v) is 23.7. The number of anilines is 1. The lowest BCUT2D eigenvalue weighted by molar-refractivity contribution is 0.195. The Morgan fingerprint density at radius 3 is 2.46 bits per heavy atom. The Bertz CT molecular complexity index is 1390. The predicted octanol–water partition coefficient (Wildman–Crippen LogP) is 5.33. The molecule has 206 valence electrons. The van der Waals surface area contributed by atoms with E-state index in [-0.39, 0.29) is 18.0 Å². The number of nitrogens with zero attached hydrogens (tertiary/aromatic N) is 3. The van der Waals surface area contributed by atoms with Crippen LogP contribution in [0.25, 0.3) is 0 Å². The van der Waals surface area contributed by atoms with Crippen LogP contribution < -0.4 is 10.2 Å². The second-order valence-corrected chi connectivity index (χ2v) is 12.9. The standard InChI is InChI=1S/C30H35ClN4O3S/c1-33(39(37,38)28-11-3-2-4-12-28)22-25(23-9-7-10-26(31)20-23)14-17-34-18-15-27(16-19-34)35-29-13-6-5-8-24(29)21-32-30(35)36/h2-13,20,25,27H,14-19,21-22H2,1H3,(H,32,36)/t25-/m1/s1. The third-order valence-electron chi connectivity index (χ3n) is 7.87. The first-order valence-corrected chi connectivity index (χ1v) is 15.3. The molecule has 0 bridgehead atoms. The zero-order valence-electron chi connectivity index (χ0n) is 22.2. The number of carbonyl (C=O) groups excluding carboxylic acids is 1. The molecule has 1 saturated heterocycles. The van der Waals surface area contributed by atoms with Gasteiger partial charge in [0, 0.05) is 44.3 Å². The third-order valence-corrected chi connectivity index (χ3v) is 9.94. The van der Waals surface area contributed by atoms with Gasteiger partial charge in [0.1, 0.15) is 0 Å². The maximum absolute atomic E-state index is 13.2. The van der Waals surface area contributed by atoms with Crippen LogP contribution in [0.4, 0.5) is 10.5 Å². The van der Waals surface area contributed by atoms with Gasteiger partial charge in [-0.05, 0) is 73.2 Å². The fourth-order valence-corrected chi connectivity index (χ4v) is 7.10. The van der Waals surface area contributed by atoms with Gasteiger partial charge in [-0.1, -0.05) is 60.1 Å². The molecule has 1 fully saturated rings.